The highest BCUT2D eigenvalue weighted by atomic mass is 32.3. The summed E-state index contributed by atoms with van der Waals surface area (Å²) in [6, 6.07) is 7.12. The van der Waals surface area contributed by atoms with Gasteiger partial charge in [0, 0.05) is 11.6 Å². The summed E-state index contributed by atoms with van der Waals surface area (Å²) in [7, 11) is -8.04. The standard InChI is InChI=1S/C19H23N3O9S3/c1-3-20-16-8-12(2)33(26,27)18-15(16)9-17(32-18)34(28,29)21-19(23)30-10-13-4-6-14(7-5-13)11-31-22(24)25/h4-7,9,12,16,20H,3,8,10-11H2,1-2H3,(H,21,23)/t12?,16-/m0/s1. The third-order valence-corrected chi connectivity index (χ3v) is 10.8. The van der Waals surface area contributed by atoms with Gasteiger partial charge < -0.3 is 14.9 Å². The second-order valence-corrected chi connectivity index (χ2v) is 13.0. The van der Waals surface area contributed by atoms with Gasteiger partial charge in [-0.2, -0.15) is 0 Å². The molecule has 1 aliphatic rings. The summed E-state index contributed by atoms with van der Waals surface area (Å²) in [5.41, 5.74) is 1.41. The first-order chi connectivity index (χ1) is 15.9. The lowest BCUT2D eigenvalue weighted by molar-refractivity contribution is -0.763. The third-order valence-electron chi connectivity index (χ3n) is 5.10. The van der Waals surface area contributed by atoms with Gasteiger partial charge in [0.05, 0.1) is 5.25 Å². The molecule has 0 aliphatic carbocycles. The number of thiophene rings is 1. The minimum atomic E-state index is -4.36. The number of fused-ring (bicyclic) bond motifs is 1. The summed E-state index contributed by atoms with van der Waals surface area (Å²) >= 11 is 0.601. The van der Waals surface area contributed by atoms with E-state index in [9.17, 15) is 31.7 Å². The number of rotatable bonds is 9. The molecule has 12 nitrogen and oxygen atoms in total. The molecule has 1 aliphatic heterocycles. The molecular formula is C19H23N3O9S3. The first-order valence-corrected chi connectivity index (χ1v) is 13.9. The number of sulfone groups is 1. The van der Waals surface area contributed by atoms with Crippen LogP contribution in [0, 0.1) is 10.1 Å². The van der Waals surface area contributed by atoms with Crippen LogP contribution in [0.5, 0.6) is 0 Å². The number of nitrogens with zero attached hydrogens (tertiary/aromatic N) is 1. The molecule has 1 unspecified atom stereocenters. The van der Waals surface area contributed by atoms with Gasteiger partial charge in [-0.1, -0.05) is 31.2 Å². The molecule has 1 amide bonds. The van der Waals surface area contributed by atoms with Crippen LogP contribution >= 0.6 is 11.3 Å². The smallest absolute Gasteiger partial charge is 0.421 e. The monoisotopic (exact) mass is 533 g/mol. The summed E-state index contributed by atoms with van der Waals surface area (Å²) < 4.78 is 57.3. The van der Waals surface area contributed by atoms with Crippen molar-refractivity contribution in [2.24, 2.45) is 0 Å². The molecule has 3 rings (SSSR count). The van der Waals surface area contributed by atoms with Crippen LogP contribution in [0.4, 0.5) is 4.79 Å². The number of sulfonamides is 1. The molecule has 1 aromatic carbocycles. The van der Waals surface area contributed by atoms with Crippen LogP contribution in [-0.2, 0) is 42.6 Å². The van der Waals surface area contributed by atoms with Crippen LogP contribution in [0.15, 0.2) is 38.8 Å². The Morgan fingerprint density at radius 2 is 1.85 bits per heavy atom. The maximum absolute atomic E-state index is 12.7. The summed E-state index contributed by atoms with van der Waals surface area (Å²) in [5.74, 6) is 0. The average Bonchev–Trinajstić information content (AvgIpc) is 3.23. The maximum atomic E-state index is 12.7. The zero-order valence-electron chi connectivity index (χ0n) is 18.2. The zero-order chi connectivity index (χ0) is 25.1. The van der Waals surface area contributed by atoms with Gasteiger partial charge in [-0.25, -0.2) is 26.4 Å². The zero-order valence-corrected chi connectivity index (χ0v) is 20.7. The highest BCUT2D eigenvalue weighted by Crippen LogP contribution is 2.42. The van der Waals surface area contributed by atoms with Gasteiger partial charge in [0.25, 0.3) is 15.1 Å². The molecule has 186 valence electrons. The summed E-state index contributed by atoms with van der Waals surface area (Å²) in [5, 5.41) is 11.8. The molecule has 0 radical (unpaired) electrons. The number of hydrogen-bond acceptors (Lipinski definition) is 11. The predicted molar refractivity (Wildman–Crippen MR) is 121 cm³/mol. The first-order valence-electron chi connectivity index (χ1n) is 10.1. The Labute approximate surface area is 200 Å². The number of amides is 1. The number of nitrogens with one attached hydrogen (secondary N) is 2. The van der Waals surface area contributed by atoms with Gasteiger partial charge >= 0.3 is 6.09 Å². The highest BCUT2D eigenvalue weighted by Gasteiger charge is 2.39. The second-order valence-electron chi connectivity index (χ2n) is 7.50. The molecular weight excluding hydrogens is 510 g/mol. The van der Waals surface area contributed by atoms with Gasteiger partial charge in [-0.05, 0) is 37.1 Å². The molecule has 2 atom stereocenters. The van der Waals surface area contributed by atoms with Crippen LogP contribution in [0.3, 0.4) is 0 Å². The second kappa shape index (κ2) is 10.2. The van der Waals surface area contributed by atoms with E-state index in [4.69, 9.17) is 4.74 Å². The number of hydrogen-bond donors (Lipinski definition) is 2. The van der Waals surface area contributed by atoms with Crippen molar-refractivity contribution in [1.82, 2.24) is 10.0 Å². The van der Waals surface area contributed by atoms with E-state index < -0.39 is 36.3 Å². The van der Waals surface area contributed by atoms with Crippen molar-refractivity contribution < 1.29 is 36.3 Å². The van der Waals surface area contributed by atoms with E-state index in [1.54, 1.807) is 23.8 Å². The van der Waals surface area contributed by atoms with Crippen molar-refractivity contribution in [2.75, 3.05) is 6.54 Å². The molecule has 15 heteroatoms. The van der Waals surface area contributed by atoms with Crippen molar-refractivity contribution in [3.63, 3.8) is 0 Å². The van der Waals surface area contributed by atoms with Crippen molar-refractivity contribution in [3.05, 3.63) is 57.1 Å². The van der Waals surface area contributed by atoms with Crippen LogP contribution in [-0.4, -0.2) is 39.8 Å². The van der Waals surface area contributed by atoms with Crippen LogP contribution in [0.25, 0.3) is 0 Å². The number of carbonyl (C=O) groups excluding carboxylic acids is 1. The molecule has 2 aromatic rings. The van der Waals surface area contributed by atoms with E-state index in [2.05, 4.69) is 10.2 Å². The first kappa shape index (κ1) is 25.9. The Bertz CT molecular complexity index is 1270. The number of ether oxygens (including phenoxy) is 1. The predicted octanol–water partition coefficient (Wildman–Crippen LogP) is 2.29. The van der Waals surface area contributed by atoms with Crippen molar-refractivity contribution in [3.8, 4) is 0 Å². The maximum Gasteiger partial charge on any atom is 0.421 e. The van der Waals surface area contributed by atoms with Crippen molar-refractivity contribution in [2.45, 2.75) is 53.2 Å². The summed E-state index contributed by atoms with van der Waals surface area (Å²) in [6.45, 7) is 3.52. The Kier molecular flexibility index (Phi) is 7.80. The molecule has 0 saturated heterocycles. The summed E-state index contributed by atoms with van der Waals surface area (Å²) in [6.07, 6.45) is -0.919. The lowest BCUT2D eigenvalue weighted by Crippen LogP contribution is -2.33. The normalized spacial score (nSPS) is 19.1. The topological polar surface area (TPSA) is 171 Å². The molecule has 2 N–H and O–H groups in total. The van der Waals surface area contributed by atoms with Gasteiger partial charge in [0.1, 0.15) is 21.6 Å². The number of carbonyl (C=O) groups is 1. The van der Waals surface area contributed by atoms with Crippen LogP contribution < -0.4 is 10.0 Å². The average molecular weight is 534 g/mol. The van der Waals surface area contributed by atoms with E-state index in [0.29, 0.717) is 41.0 Å². The van der Waals surface area contributed by atoms with E-state index in [-0.39, 0.29) is 27.7 Å². The van der Waals surface area contributed by atoms with Crippen molar-refractivity contribution >= 4 is 37.3 Å². The molecule has 34 heavy (non-hydrogen) atoms. The van der Waals surface area contributed by atoms with Crippen LogP contribution in [0.1, 0.15) is 43.0 Å². The Balaban J connectivity index is 1.68. The van der Waals surface area contributed by atoms with E-state index in [1.807, 2.05) is 6.92 Å². The van der Waals surface area contributed by atoms with E-state index in [0.717, 1.165) is 0 Å². The van der Waals surface area contributed by atoms with E-state index in [1.165, 1.54) is 18.2 Å². The van der Waals surface area contributed by atoms with Gasteiger partial charge in [0.2, 0.25) is 0 Å². The largest absolute Gasteiger partial charge is 0.444 e. The highest BCUT2D eigenvalue weighted by molar-refractivity contribution is 7.95. The molecule has 0 saturated carbocycles. The number of benzene rings is 1. The Morgan fingerprint density at radius 3 is 2.44 bits per heavy atom. The fourth-order valence-corrected chi connectivity index (χ4v) is 8.26. The van der Waals surface area contributed by atoms with Crippen molar-refractivity contribution in [1.29, 1.82) is 0 Å². The SMILES string of the molecule is CCN[C@H]1CC(C)S(=O)(=O)c2sc(S(=O)(=O)NC(=O)OCc3ccc(CO[N+](=O)[O-])cc3)cc21. The molecule has 0 bridgehead atoms. The lowest BCUT2D eigenvalue weighted by Gasteiger charge is -2.27. The van der Waals surface area contributed by atoms with Gasteiger partial charge in [0.15, 0.2) is 9.84 Å². The third kappa shape index (κ3) is 5.84. The summed E-state index contributed by atoms with van der Waals surface area (Å²) in [4.78, 5) is 26.6. The van der Waals surface area contributed by atoms with Gasteiger partial charge in [-0.3, -0.25) is 0 Å². The Hall–Kier alpha value is -2.75. The lowest BCUT2D eigenvalue weighted by atomic mass is 10.1. The van der Waals surface area contributed by atoms with Gasteiger partial charge in [-0.15, -0.1) is 21.5 Å². The minimum absolute atomic E-state index is 0.0212. The fourth-order valence-electron chi connectivity index (χ4n) is 3.37. The van der Waals surface area contributed by atoms with Crippen LogP contribution in [0.2, 0.25) is 0 Å². The molecule has 2 heterocycles. The Morgan fingerprint density at radius 1 is 1.24 bits per heavy atom. The molecule has 1 aromatic heterocycles. The quantitative estimate of drug-likeness (QED) is 0.360. The van der Waals surface area contributed by atoms with E-state index >= 15 is 0 Å². The molecule has 0 fully saturated rings. The molecule has 0 spiro atoms. The fraction of sp³-hybridized carbons (Fsp3) is 0.421. The minimum Gasteiger partial charge on any atom is -0.444 e.